The Morgan fingerprint density at radius 3 is 2.48 bits per heavy atom. The third-order valence-corrected chi connectivity index (χ3v) is 3.57. The van der Waals surface area contributed by atoms with Crippen molar-refractivity contribution in [3.8, 4) is 0 Å². The van der Waals surface area contributed by atoms with E-state index in [2.05, 4.69) is 10.6 Å². The van der Waals surface area contributed by atoms with Gasteiger partial charge in [-0.05, 0) is 31.0 Å². The molecule has 5 nitrogen and oxygen atoms in total. The molecule has 1 aromatic carbocycles. The van der Waals surface area contributed by atoms with Crippen molar-refractivity contribution in [3.63, 3.8) is 0 Å². The molecule has 0 spiro atoms. The maximum Gasteiger partial charge on any atom is 0.227 e. The lowest BCUT2D eigenvalue weighted by Crippen LogP contribution is -2.22. The van der Waals surface area contributed by atoms with E-state index in [1.807, 2.05) is 13.8 Å². The van der Waals surface area contributed by atoms with Crippen molar-refractivity contribution in [2.75, 3.05) is 17.2 Å². The van der Waals surface area contributed by atoms with Crippen LogP contribution in [0.4, 0.5) is 11.4 Å². The first-order valence-corrected chi connectivity index (χ1v) is 7.49. The summed E-state index contributed by atoms with van der Waals surface area (Å²) in [6.45, 7) is 4.23. The van der Waals surface area contributed by atoms with Gasteiger partial charge in [0.05, 0.1) is 10.7 Å². The molecule has 4 N–H and O–H groups in total. The van der Waals surface area contributed by atoms with Crippen LogP contribution in [-0.2, 0) is 9.59 Å². The lowest BCUT2D eigenvalue weighted by atomic mass is 10.0. The number of halogens is 1. The molecule has 0 radical (unpaired) electrons. The molecule has 0 saturated carbocycles. The average Bonchev–Trinajstić information content (AvgIpc) is 2.44. The molecule has 2 amide bonds. The maximum atomic E-state index is 12.1. The lowest BCUT2D eigenvalue weighted by molar-refractivity contribution is -0.120. The summed E-state index contributed by atoms with van der Waals surface area (Å²) in [6.07, 6.45) is 1.79. The number of rotatable bonds is 7. The van der Waals surface area contributed by atoms with Gasteiger partial charge in [0, 0.05) is 24.6 Å². The minimum absolute atomic E-state index is 0.0449. The first-order chi connectivity index (χ1) is 10.0. The van der Waals surface area contributed by atoms with Crippen LogP contribution in [0.25, 0.3) is 0 Å². The molecule has 0 atom stereocenters. The molecule has 0 aliphatic rings. The summed E-state index contributed by atoms with van der Waals surface area (Å²) in [7, 11) is 0. The van der Waals surface area contributed by atoms with Crippen molar-refractivity contribution < 1.29 is 9.59 Å². The van der Waals surface area contributed by atoms with Crippen molar-refractivity contribution in [3.05, 3.63) is 23.2 Å². The van der Waals surface area contributed by atoms with Crippen LogP contribution in [0.5, 0.6) is 0 Å². The highest BCUT2D eigenvalue weighted by Gasteiger charge is 2.15. The van der Waals surface area contributed by atoms with Gasteiger partial charge in [-0.15, -0.1) is 0 Å². The van der Waals surface area contributed by atoms with Gasteiger partial charge in [-0.3, -0.25) is 9.59 Å². The van der Waals surface area contributed by atoms with E-state index in [0.29, 0.717) is 16.4 Å². The third-order valence-electron chi connectivity index (χ3n) is 3.24. The van der Waals surface area contributed by atoms with Gasteiger partial charge in [0.25, 0.3) is 0 Å². The second-order valence-electron chi connectivity index (χ2n) is 4.78. The number of nitrogens with two attached hydrogens (primary N) is 1. The molecule has 21 heavy (non-hydrogen) atoms. The van der Waals surface area contributed by atoms with Crippen molar-refractivity contribution in [2.24, 2.45) is 11.7 Å². The van der Waals surface area contributed by atoms with Gasteiger partial charge < -0.3 is 16.4 Å². The number of benzene rings is 1. The first-order valence-electron chi connectivity index (χ1n) is 7.12. The predicted octanol–water partition coefficient (Wildman–Crippen LogP) is 3.00. The third kappa shape index (κ3) is 5.36. The molecule has 1 rings (SSSR count). The zero-order chi connectivity index (χ0) is 15.8. The topological polar surface area (TPSA) is 84.2 Å². The van der Waals surface area contributed by atoms with E-state index in [1.165, 1.54) is 0 Å². The Morgan fingerprint density at radius 1 is 1.24 bits per heavy atom. The van der Waals surface area contributed by atoms with Gasteiger partial charge >= 0.3 is 0 Å². The Morgan fingerprint density at radius 2 is 1.90 bits per heavy atom. The lowest BCUT2D eigenvalue weighted by Gasteiger charge is -2.15. The molecular formula is C15H22ClN3O2. The van der Waals surface area contributed by atoms with E-state index >= 15 is 0 Å². The summed E-state index contributed by atoms with van der Waals surface area (Å²) in [6, 6.07) is 4.97. The van der Waals surface area contributed by atoms with Gasteiger partial charge in [0.2, 0.25) is 11.8 Å². The fourth-order valence-corrected chi connectivity index (χ4v) is 2.11. The molecule has 6 heteroatoms. The van der Waals surface area contributed by atoms with Gasteiger partial charge in [0.1, 0.15) is 0 Å². The van der Waals surface area contributed by atoms with Crippen LogP contribution in [0.1, 0.15) is 33.1 Å². The van der Waals surface area contributed by atoms with E-state index < -0.39 is 0 Å². The number of nitrogens with one attached hydrogen (secondary N) is 2. The average molecular weight is 312 g/mol. The molecule has 0 unspecified atom stereocenters. The van der Waals surface area contributed by atoms with Crippen LogP contribution in [-0.4, -0.2) is 18.4 Å². The van der Waals surface area contributed by atoms with Crippen LogP contribution in [0.3, 0.4) is 0 Å². The highest BCUT2D eigenvalue weighted by molar-refractivity contribution is 6.33. The minimum atomic E-state index is -0.169. The zero-order valence-electron chi connectivity index (χ0n) is 12.4. The Hall–Kier alpha value is -1.59. The Balaban J connectivity index is 2.82. The molecule has 0 bridgehead atoms. The Labute approximate surface area is 130 Å². The maximum absolute atomic E-state index is 12.1. The van der Waals surface area contributed by atoms with E-state index in [4.69, 9.17) is 17.3 Å². The SMILES string of the molecule is CCC(CC)C(=O)Nc1cc(NC(=O)CCN)ccc1Cl. The first kappa shape index (κ1) is 17.5. The fourth-order valence-electron chi connectivity index (χ4n) is 1.95. The van der Waals surface area contributed by atoms with Gasteiger partial charge in [0.15, 0.2) is 0 Å². The van der Waals surface area contributed by atoms with Crippen molar-refractivity contribution in [2.45, 2.75) is 33.1 Å². The smallest absolute Gasteiger partial charge is 0.227 e. The van der Waals surface area contributed by atoms with Crippen molar-refractivity contribution in [1.82, 2.24) is 0 Å². The number of hydrogen-bond acceptors (Lipinski definition) is 3. The summed E-state index contributed by atoms with van der Waals surface area (Å²) in [5, 5.41) is 5.96. The molecule has 0 heterocycles. The van der Waals surface area contributed by atoms with E-state index in [0.717, 1.165) is 12.8 Å². The van der Waals surface area contributed by atoms with Crippen LogP contribution in [0.15, 0.2) is 18.2 Å². The van der Waals surface area contributed by atoms with E-state index in [9.17, 15) is 9.59 Å². The highest BCUT2D eigenvalue weighted by Crippen LogP contribution is 2.26. The van der Waals surface area contributed by atoms with Crippen molar-refractivity contribution in [1.29, 1.82) is 0 Å². The normalized spacial score (nSPS) is 10.5. The molecule has 0 aliphatic carbocycles. The quantitative estimate of drug-likeness (QED) is 0.723. The Kier molecular flexibility index (Phi) is 7.19. The number of anilines is 2. The number of hydrogen-bond donors (Lipinski definition) is 3. The molecule has 0 aliphatic heterocycles. The molecule has 1 aromatic rings. The Bertz CT molecular complexity index is 502. The zero-order valence-corrected chi connectivity index (χ0v) is 13.2. The number of carbonyl (C=O) groups is 2. The number of carbonyl (C=O) groups excluding carboxylic acids is 2. The second kappa shape index (κ2) is 8.64. The number of amides is 2. The van der Waals surface area contributed by atoms with E-state index in [1.54, 1.807) is 18.2 Å². The van der Waals surface area contributed by atoms with Gasteiger partial charge in [-0.2, -0.15) is 0 Å². The summed E-state index contributed by atoms with van der Waals surface area (Å²) >= 11 is 6.08. The van der Waals surface area contributed by atoms with Gasteiger partial charge in [-0.1, -0.05) is 25.4 Å². The van der Waals surface area contributed by atoms with Crippen LogP contribution < -0.4 is 16.4 Å². The van der Waals surface area contributed by atoms with Crippen LogP contribution in [0.2, 0.25) is 5.02 Å². The minimum Gasteiger partial charge on any atom is -0.330 e. The standard InChI is InChI=1S/C15H22ClN3O2/c1-3-10(4-2)15(21)19-13-9-11(5-6-12(13)16)18-14(20)7-8-17/h5-6,9-10H,3-4,7-8,17H2,1-2H3,(H,18,20)(H,19,21). The largest absolute Gasteiger partial charge is 0.330 e. The van der Waals surface area contributed by atoms with Crippen LogP contribution >= 0.6 is 11.6 Å². The fraction of sp³-hybridized carbons (Fsp3) is 0.467. The summed E-state index contributed by atoms with van der Waals surface area (Å²) in [4.78, 5) is 23.6. The van der Waals surface area contributed by atoms with Crippen LogP contribution in [0, 0.1) is 5.92 Å². The molecule has 0 aromatic heterocycles. The summed E-state index contributed by atoms with van der Waals surface area (Å²) in [5.74, 6) is -0.277. The molecular weight excluding hydrogens is 290 g/mol. The highest BCUT2D eigenvalue weighted by atomic mass is 35.5. The second-order valence-corrected chi connectivity index (χ2v) is 5.19. The summed E-state index contributed by atoms with van der Waals surface area (Å²) < 4.78 is 0. The molecule has 116 valence electrons. The van der Waals surface area contributed by atoms with E-state index in [-0.39, 0.29) is 30.7 Å². The predicted molar refractivity (Wildman–Crippen MR) is 86.5 cm³/mol. The van der Waals surface area contributed by atoms with Gasteiger partial charge in [-0.25, -0.2) is 0 Å². The monoisotopic (exact) mass is 311 g/mol. The van der Waals surface area contributed by atoms with Crippen molar-refractivity contribution >= 4 is 34.8 Å². The molecule has 0 fully saturated rings. The molecule has 0 saturated heterocycles. The summed E-state index contributed by atoms with van der Waals surface area (Å²) in [5.41, 5.74) is 6.41.